The number of hydrogen-bond acceptors (Lipinski definition) is 3. The van der Waals surface area contributed by atoms with Crippen LogP contribution in [0.4, 0.5) is 0 Å². The predicted octanol–water partition coefficient (Wildman–Crippen LogP) is 0.999. The van der Waals surface area contributed by atoms with E-state index in [1.54, 1.807) is 17.3 Å². The molecule has 0 aromatic carbocycles. The SMILES string of the molecule is CCN1C[C@@H](C(=O)NCCCc2ccncc2)CC1=O. The van der Waals surface area contributed by atoms with E-state index in [4.69, 9.17) is 0 Å². The molecule has 1 N–H and O–H groups in total. The molecule has 5 heteroatoms. The summed E-state index contributed by atoms with van der Waals surface area (Å²) in [6.07, 6.45) is 5.72. The smallest absolute Gasteiger partial charge is 0.225 e. The van der Waals surface area contributed by atoms with Gasteiger partial charge >= 0.3 is 0 Å². The molecule has 0 spiro atoms. The van der Waals surface area contributed by atoms with E-state index in [0.717, 1.165) is 12.8 Å². The number of hydrogen-bond donors (Lipinski definition) is 1. The van der Waals surface area contributed by atoms with Crippen LogP contribution in [-0.2, 0) is 16.0 Å². The van der Waals surface area contributed by atoms with Crippen LogP contribution in [0.1, 0.15) is 25.3 Å². The van der Waals surface area contributed by atoms with Crippen molar-refractivity contribution in [1.29, 1.82) is 0 Å². The summed E-state index contributed by atoms with van der Waals surface area (Å²) in [5.74, 6) is -0.0863. The second kappa shape index (κ2) is 7.03. The Kier molecular flexibility index (Phi) is 5.09. The minimum Gasteiger partial charge on any atom is -0.356 e. The summed E-state index contributed by atoms with van der Waals surface area (Å²) >= 11 is 0. The van der Waals surface area contributed by atoms with E-state index in [-0.39, 0.29) is 17.7 Å². The normalized spacial score (nSPS) is 18.4. The third kappa shape index (κ3) is 3.79. The summed E-state index contributed by atoms with van der Waals surface area (Å²) < 4.78 is 0. The molecule has 0 saturated carbocycles. The lowest BCUT2D eigenvalue weighted by Gasteiger charge is -2.13. The molecule has 20 heavy (non-hydrogen) atoms. The molecule has 2 heterocycles. The summed E-state index contributed by atoms with van der Waals surface area (Å²) in [5, 5.41) is 2.93. The minimum absolute atomic E-state index is 0.00373. The fourth-order valence-electron chi connectivity index (χ4n) is 2.45. The molecule has 1 aromatic rings. The first-order valence-electron chi connectivity index (χ1n) is 7.15. The predicted molar refractivity (Wildman–Crippen MR) is 75.9 cm³/mol. The summed E-state index contributed by atoms with van der Waals surface area (Å²) in [7, 11) is 0. The Balaban J connectivity index is 1.67. The number of nitrogens with one attached hydrogen (secondary N) is 1. The van der Waals surface area contributed by atoms with Crippen molar-refractivity contribution >= 4 is 11.8 Å². The molecule has 0 radical (unpaired) electrons. The molecule has 2 rings (SSSR count). The molecule has 0 bridgehead atoms. The van der Waals surface area contributed by atoms with Crippen LogP contribution in [0.15, 0.2) is 24.5 Å². The number of rotatable bonds is 6. The molecular formula is C15H21N3O2. The summed E-state index contributed by atoms with van der Waals surface area (Å²) in [5.41, 5.74) is 1.22. The Bertz CT molecular complexity index is 461. The number of aryl methyl sites for hydroxylation is 1. The third-order valence-electron chi connectivity index (χ3n) is 3.66. The highest BCUT2D eigenvalue weighted by Gasteiger charge is 2.32. The van der Waals surface area contributed by atoms with Gasteiger partial charge in [-0.2, -0.15) is 0 Å². The first-order valence-corrected chi connectivity index (χ1v) is 7.15. The summed E-state index contributed by atoms with van der Waals surface area (Å²) in [6, 6.07) is 3.97. The first kappa shape index (κ1) is 14.5. The highest BCUT2D eigenvalue weighted by molar-refractivity contribution is 5.89. The maximum absolute atomic E-state index is 12.0. The van der Waals surface area contributed by atoms with Crippen molar-refractivity contribution < 1.29 is 9.59 Å². The van der Waals surface area contributed by atoms with Gasteiger partial charge in [0.15, 0.2) is 0 Å². The second-order valence-electron chi connectivity index (χ2n) is 5.08. The molecule has 108 valence electrons. The van der Waals surface area contributed by atoms with Crippen molar-refractivity contribution in [1.82, 2.24) is 15.2 Å². The molecule has 1 aliphatic heterocycles. The minimum atomic E-state index is -0.177. The molecule has 1 aliphatic rings. The van der Waals surface area contributed by atoms with Gasteiger partial charge in [0.25, 0.3) is 0 Å². The van der Waals surface area contributed by atoms with Gasteiger partial charge in [0.05, 0.1) is 5.92 Å². The Morgan fingerprint density at radius 1 is 1.45 bits per heavy atom. The average Bonchev–Trinajstić information content (AvgIpc) is 2.86. The lowest BCUT2D eigenvalue weighted by atomic mass is 10.1. The quantitative estimate of drug-likeness (QED) is 0.788. The lowest BCUT2D eigenvalue weighted by Crippen LogP contribution is -2.33. The van der Waals surface area contributed by atoms with E-state index >= 15 is 0 Å². The van der Waals surface area contributed by atoms with Gasteiger partial charge in [0, 0.05) is 38.4 Å². The molecule has 5 nitrogen and oxygen atoms in total. The van der Waals surface area contributed by atoms with Crippen molar-refractivity contribution in [2.45, 2.75) is 26.2 Å². The van der Waals surface area contributed by atoms with Gasteiger partial charge in [-0.3, -0.25) is 14.6 Å². The van der Waals surface area contributed by atoms with Crippen LogP contribution in [-0.4, -0.2) is 41.3 Å². The van der Waals surface area contributed by atoms with Crippen LogP contribution in [0.5, 0.6) is 0 Å². The number of carbonyl (C=O) groups is 2. The van der Waals surface area contributed by atoms with Crippen molar-refractivity contribution in [3.63, 3.8) is 0 Å². The number of aromatic nitrogens is 1. The zero-order valence-corrected chi connectivity index (χ0v) is 11.8. The molecule has 0 unspecified atom stereocenters. The fourth-order valence-corrected chi connectivity index (χ4v) is 2.45. The maximum Gasteiger partial charge on any atom is 0.225 e. The number of nitrogens with zero attached hydrogens (tertiary/aromatic N) is 2. The van der Waals surface area contributed by atoms with E-state index in [0.29, 0.717) is 26.1 Å². The van der Waals surface area contributed by atoms with Gasteiger partial charge in [-0.1, -0.05) is 0 Å². The Morgan fingerprint density at radius 3 is 2.85 bits per heavy atom. The first-order chi connectivity index (χ1) is 9.70. The van der Waals surface area contributed by atoms with Gasteiger partial charge in [0.2, 0.25) is 11.8 Å². The number of likely N-dealkylation sites (tertiary alicyclic amines) is 1. The van der Waals surface area contributed by atoms with Gasteiger partial charge < -0.3 is 10.2 Å². The second-order valence-corrected chi connectivity index (χ2v) is 5.08. The molecule has 1 saturated heterocycles. The monoisotopic (exact) mass is 275 g/mol. The van der Waals surface area contributed by atoms with Crippen molar-refractivity contribution in [2.24, 2.45) is 5.92 Å². The van der Waals surface area contributed by atoms with E-state index in [1.165, 1.54) is 5.56 Å². The Hall–Kier alpha value is -1.91. The molecule has 1 atom stereocenters. The fraction of sp³-hybridized carbons (Fsp3) is 0.533. The van der Waals surface area contributed by atoms with E-state index < -0.39 is 0 Å². The van der Waals surface area contributed by atoms with Crippen molar-refractivity contribution in [3.05, 3.63) is 30.1 Å². The van der Waals surface area contributed by atoms with Gasteiger partial charge in [-0.15, -0.1) is 0 Å². The van der Waals surface area contributed by atoms with E-state index in [1.807, 2.05) is 19.1 Å². The average molecular weight is 275 g/mol. The lowest BCUT2D eigenvalue weighted by molar-refractivity contribution is -0.128. The molecule has 1 fully saturated rings. The largest absolute Gasteiger partial charge is 0.356 e. The highest BCUT2D eigenvalue weighted by atomic mass is 16.2. The third-order valence-corrected chi connectivity index (χ3v) is 3.66. The molecule has 2 amide bonds. The van der Waals surface area contributed by atoms with Crippen LogP contribution in [0.25, 0.3) is 0 Å². The van der Waals surface area contributed by atoms with Crippen molar-refractivity contribution in [3.8, 4) is 0 Å². The summed E-state index contributed by atoms with van der Waals surface area (Å²) in [4.78, 5) is 29.2. The van der Waals surface area contributed by atoms with Crippen LogP contribution < -0.4 is 5.32 Å². The highest BCUT2D eigenvalue weighted by Crippen LogP contribution is 2.17. The van der Waals surface area contributed by atoms with Gasteiger partial charge in [-0.05, 0) is 37.5 Å². The van der Waals surface area contributed by atoms with Gasteiger partial charge in [0.1, 0.15) is 0 Å². The van der Waals surface area contributed by atoms with Gasteiger partial charge in [-0.25, -0.2) is 0 Å². The molecule has 0 aliphatic carbocycles. The molecule has 1 aromatic heterocycles. The standard InChI is InChI=1S/C15H21N3O2/c1-2-18-11-13(10-14(18)19)15(20)17-7-3-4-12-5-8-16-9-6-12/h5-6,8-9,13H,2-4,7,10-11H2,1H3,(H,17,20)/t13-/m0/s1. The zero-order chi connectivity index (χ0) is 14.4. The van der Waals surface area contributed by atoms with Crippen molar-refractivity contribution in [2.75, 3.05) is 19.6 Å². The van der Waals surface area contributed by atoms with E-state index in [9.17, 15) is 9.59 Å². The topological polar surface area (TPSA) is 62.3 Å². The number of amides is 2. The Morgan fingerprint density at radius 2 is 2.20 bits per heavy atom. The maximum atomic E-state index is 12.0. The van der Waals surface area contributed by atoms with Crippen LogP contribution in [0, 0.1) is 5.92 Å². The van der Waals surface area contributed by atoms with Crippen LogP contribution in [0.3, 0.4) is 0 Å². The number of carbonyl (C=O) groups excluding carboxylic acids is 2. The summed E-state index contributed by atoms with van der Waals surface area (Å²) in [6.45, 7) is 3.83. The van der Waals surface area contributed by atoms with E-state index in [2.05, 4.69) is 10.3 Å². The number of pyridine rings is 1. The molecular weight excluding hydrogens is 254 g/mol. The van der Waals surface area contributed by atoms with Crippen LogP contribution in [0.2, 0.25) is 0 Å². The van der Waals surface area contributed by atoms with Crippen LogP contribution >= 0.6 is 0 Å². The Labute approximate surface area is 119 Å². The zero-order valence-electron chi connectivity index (χ0n) is 11.8.